The highest BCUT2D eigenvalue weighted by atomic mass is 32.2. The van der Waals surface area contributed by atoms with Crippen molar-refractivity contribution in [1.29, 1.82) is 0 Å². The number of fused-ring (bicyclic) bond motifs is 1. The van der Waals surface area contributed by atoms with Gasteiger partial charge in [0.15, 0.2) is 9.84 Å². The van der Waals surface area contributed by atoms with E-state index < -0.39 is 9.84 Å². The van der Waals surface area contributed by atoms with E-state index in [0.717, 1.165) is 5.56 Å². The number of amides is 2. The molecule has 0 bridgehead atoms. The molecule has 1 aromatic carbocycles. The molecule has 4 rings (SSSR count). The van der Waals surface area contributed by atoms with Crippen LogP contribution in [0, 0.1) is 6.92 Å². The molecule has 2 N–H and O–H groups in total. The molecule has 2 aliphatic rings. The molecule has 9 heteroatoms. The van der Waals surface area contributed by atoms with Crippen molar-refractivity contribution in [1.82, 2.24) is 15.1 Å². The molecule has 1 fully saturated rings. The molecule has 2 atom stereocenters. The summed E-state index contributed by atoms with van der Waals surface area (Å²) in [5.41, 5.74) is 2.10. The van der Waals surface area contributed by atoms with E-state index in [4.69, 9.17) is 0 Å². The number of carbonyl (C=O) groups is 2. The van der Waals surface area contributed by atoms with Gasteiger partial charge in [-0.25, -0.2) is 13.1 Å². The molecule has 1 aromatic heterocycles. The number of nitrogens with zero attached hydrogens (tertiary/aromatic N) is 2. The van der Waals surface area contributed by atoms with Gasteiger partial charge >= 0.3 is 0 Å². The van der Waals surface area contributed by atoms with Crippen LogP contribution in [0.4, 0.5) is 5.82 Å². The summed E-state index contributed by atoms with van der Waals surface area (Å²) in [7, 11) is -3.06. The van der Waals surface area contributed by atoms with Gasteiger partial charge in [0.1, 0.15) is 5.82 Å². The molecule has 2 aliphatic heterocycles. The number of aryl methyl sites for hydroxylation is 1. The van der Waals surface area contributed by atoms with Gasteiger partial charge < -0.3 is 10.6 Å². The topological polar surface area (TPSA) is 110 Å². The third-order valence-corrected chi connectivity index (χ3v) is 6.71. The van der Waals surface area contributed by atoms with Crippen LogP contribution in [0.5, 0.6) is 0 Å². The summed E-state index contributed by atoms with van der Waals surface area (Å²) in [5, 5.41) is 10.0. The van der Waals surface area contributed by atoms with Gasteiger partial charge in [0.2, 0.25) is 5.91 Å². The molecule has 0 saturated carbocycles. The maximum absolute atomic E-state index is 12.6. The molecule has 0 unspecified atom stereocenters. The van der Waals surface area contributed by atoms with E-state index in [0.29, 0.717) is 23.5 Å². The molecular formula is C18H20N4O4S. The fourth-order valence-electron chi connectivity index (χ4n) is 3.72. The van der Waals surface area contributed by atoms with Crippen molar-refractivity contribution in [2.24, 2.45) is 0 Å². The average molecular weight is 388 g/mol. The number of hydrogen-bond acceptors (Lipinski definition) is 5. The number of benzene rings is 1. The van der Waals surface area contributed by atoms with Crippen LogP contribution < -0.4 is 10.6 Å². The van der Waals surface area contributed by atoms with Crippen molar-refractivity contribution in [2.75, 3.05) is 16.8 Å². The van der Waals surface area contributed by atoms with Gasteiger partial charge in [-0.15, -0.1) is 0 Å². The number of rotatable bonds is 4. The second-order valence-electron chi connectivity index (χ2n) is 7.04. The number of nitrogens with one attached hydrogen (secondary N) is 2. The number of sulfone groups is 1. The summed E-state index contributed by atoms with van der Waals surface area (Å²) in [4.78, 5) is 24.6. The smallest absolute Gasteiger partial charge is 0.252 e. The molecule has 0 spiro atoms. The molecule has 142 valence electrons. The fraction of sp³-hybridized carbons (Fsp3) is 0.389. The molecule has 27 heavy (non-hydrogen) atoms. The minimum absolute atomic E-state index is 0.0308. The Morgan fingerprint density at radius 2 is 2.15 bits per heavy atom. The summed E-state index contributed by atoms with van der Waals surface area (Å²) >= 11 is 0. The van der Waals surface area contributed by atoms with Gasteiger partial charge in [0, 0.05) is 11.6 Å². The van der Waals surface area contributed by atoms with E-state index in [9.17, 15) is 18.0 Å². The first-order valence-electron chi connectivity index (χ1n) is 8.78. The largest absolute Gasteiger partial charge is 0.345 e. The second-order valence-corrected chi connectivity index (χ2v) is 9.27. The minimum atomic E-state index is -3.06. The zero-order valence-corrected chi connectivity index (χ0v) is 15.6. The third-order valence-electron chi connectivity index (χ3n) is 4.96. The third kappa shape index (κ3) is 3.46. The van der Waals surface area contributed by atoms with Crippen molar-refractivity contribution in [3.05, 3.63) is 47.2 Å². The lowest BCUT2D eigenvalue weighted by molar-refractivity contribution is -0.116. The maximum Gasteiger partial charge on any atom is 0.252 e. The van der Waals surface area contributed by atoms with Crippen molar-refractivity contribution < 1.29 is 18.0 Å². The number of aromatic nitrogens is 2. The van der Waals surface area contributed by atoms with Crippen molar-refractivity contribution in [2.45, 2.75) is 31.8 Å². The average Bonchev–Trinajstić information content (AvgIpc) is 3.24. The first kappa shape index (κ1) is 17.7. The Labute approximate surface area is 156 Å². The monoisotopic (exact) mass is 388 g/mol. The van der Waals surface area contributed by atoms with Crippen molar-refractivity contribution in [3.8, 4) is 0 Å². The SMILES string of the molecule is Cc1cc(NC(=O)C[C@@H]2NC(=O)c3ccccc32)n([C@@H]2CCS(=O)(=O)C2)n1. The van der Waals surface area contributed by atoms with Gasteiger partial charge in [0.05, 0.1) is 35.7 Å². The van der Waals surface area contributed by atoms with Gasteiger partial charge in [-0.2, -0.15) is 5.10 Å². The quantitative estimate of drug-likeness (QED) is 0.822. The Hall–Kier alpha value is -2.68. The van der Waals surface area contributed by atoms with Crippen LogP contribution in [-0.4, -0.2) is 41.5 Å². The van der Waals surface area contributed by atoms with Crippen LogP contribution in [0.2, 0.25) is 0 Å². The summed E-state index contributed by atoms with van der Waals surface area (Å²) < 4.78 is 25.1. The van der Waals surface area contributed by atoms with E-state index in [1.807, 2.05) is 12.1 Å². The van der Waals surface area contributed by atoms with Crippen LogP contribution in [0.25, 0.3) is 0 Å². The van der Waals surface area contributed by atoms with Crippen LogP contribution in [-0.2, 0) is 14.6 Å². The Balaban J connectivity index is 1.49. The van der Waals surface area contributed by atoms with Crippen LogP contribution >= 0.6 is 0 Å². The Morgan fingerprint density at radius 1 is 1.37 bits per heavy atom. The standard InChI is InChI=1S/C18H20N4O4S/c1-11-8-16(22(21-11)12-6-7-27(25,26)10-12)20-17(23)9-15-13-4-2-3-5-14(13)18(24)19-15/h2-5,8,12,15H,6-7,9-10H2,1H3,(H,19,24)(H,20,23)/t12-,15+/m1/s1. The second kappa shape index (κ2) is 6.49. The fourth-order valence-corrected chi connectivity index (χ4v) is 5.41. The van der Waals surface area contributed by atoms with E-state index in [-0.39, 0.29) is 41.8 Å². The van der Waals surface area contributed by atoms with Crippen LogP contribution in [0.1, 0.15) is 46.5 Å². The highest BCUT2D eigenvalue weighted by molar-refractivity contribution is 7.91. The summed E-state index contributed by atoms with van der Waals surface area (Å²) in [6.45, 7) is 1.79. The summed E-state index contributed by atoms with van der Waals surface area (Å²) in [6.07, 6.45) is 0.578. The normalized spacial score (nSPS) is 23.1. The van der Waals surface area contributed by atoms with Crippen molar-refractivity contribution >= 4 is 27.5 Å². The molecule has 0 aliphatic carbocycles. The first-order valence-corrected chi connectivity index (χ1v) is 10.6. The zero-order chi connectivity index (χ0) is 19.2. The van der Waals surface area contributed by atoms with Gasteiger partial charge in [-0.05, 0) is 25.0 Å². The lowest BCUT2D eigenvalue weighted by Crippen LogP contribution is -2.25. The Morgan fingerprint density at radius 3 is 2.89 bits per heavy atom. The van der Waals surface area contributed by atoms with E-state index in [1.54, 1.807) is 29.8 Å². The summed E-state index contributed by atoms with van der Waals surface area (Å²) in [6, 6.07) is 8.28. The molecule has 8 nitrogen and oxygen atoms in total. The molecule has 2 aromatic rings. The zero-order valence-electron chi connectivity index (χ0n) is 14.8. The molecular weight excluding hydrogens is 368 g/mol. The molecule has 0 radical (unpaired) electrons. The van der Waals surface area contributed by atoms with Crippen molar-refractivity contribution in [3.63, 3.8) is 0 Å². The molecule has 3 heterocycles. The highest BCUT2D eigenvalue weighted by Crippen LogP contribution is 2.29. The Kier molecular flexibility index (Phi) is 4.26. The van der Waals surface area contributed by atoms with Gasteiger partial charge in [-0.3, -0.25) is 9.59 Å². The highest BCUT2D eigenvalue weighted by Gasteiger charge is 2.32. The maximum atomic E-state index is 12.6. The van der Waals surface area contributed by atoms with E-state index in [2.05, 4.69) is 15.7 Å². The van der Waals surface area contributed by atoms with Gasteiger partial charge in [0.25, 0.3) is 5.91 Å². The predicted octanol–water partition coefficient (Wildman–Crippen LogP) is 1.36. The molecule has 1 saturated heterocycles. The van der Waals surface area contributed by atoms with E-state index >= 15 is 0 Å². The van der Waals surface area contributed by atoms with Crippen LogP contribution in [0.3, 0.4) is 0 Å². The number of carbonyl (C=O) groups excluding carboxylic acids is 2. The van der Waals surface area contributed by atoms with E-state index in [1.165, 1.54) is 0 Å². The number of anilines is 1. The number of hydrogen-bond donors (Lipinski definition) is 2. The lowest BCUT2D eigenvalue weighted by Gasteiger charge is -2.15. The minimum Gasteiger partial charge on any atom is -0.345 e. The van der Waals surface area contributed by atoms with Crippen LogP contribution in [0.15, 0.2) is 30.3 Å². The Bertz CT molecular complexity index is 1030. The molecule has 2 amide bonds. The summed E-state index contributed by atoms with van der Waals surface area (Å²) in [5.74, 6) is 0.203. The predicted molar refractivity (Wildman–Crippen MR) is 99.2 cm³/mol. The van der Waals surface area contributed by atoms with Gasteiger partial charge in [-0.1, -0.05) is 18.2 Å². The first-order chi connectivity index (χ1) is 12.8. The lowest BCUT2D eigenvalue weighted by atomic mass is 10.0.